The monoisotopic (exact) mass is 258 g/mol. The largest absolute Gasteiger partial charge is 0.484 e. The van der Waals surface area contributed by atoms with Gasteiger partial charge in [-0.1, -0.05) is 0 Å². The Hall–Kier alpha value is -1.30. The topological polar surface area (TPSA) is 34.2 Å². The van der Waals surface area contributed by atoms with E-state index in [1.807, 2.05) is 6.92 Å². The molecule has 1 aromatic heterocycles. The van der Waals surface area contributed by atoms with Gasteiger partial charge in [0.15, 0.2) is 0 Å². The summed E-state index contributed by atoms with van der Waals surface area (Å²) >= 11 is 0. The van der Waals surface area contributed by atoms with E-state index < -0.39 is 11.9 Å². The Labute approximate surface area is 102 Å². The minimum absolute atomic E-state index is 0.328. The van der Waals surface area contributed by atoms with Crippen LogP contribution in [0.5, 0.6) is 5.75 Å². The van der Waals surface area contributed by atoms with Crippen molar-refractivity contribution in [2.45, 2.75) is 37.6 Å². The summed E-state index contributed by atoms with van der Waals surface area (Å²) in [5, 5.41) is 3.26. The quantitative estimate of drug-likeness (QED) is 0.774. The van der Waals surface area contributed by atoms with Crippen LogP contribution in [0.4, 0.5) is 13.2 Å². The first-order valence-electron chi connectivity index (χ1n) is 5.87. The van der Waals surface area contributed by atoms with Crippen molar-refractivity contribution in [2.75, 3.05) is 6.54 Å². The number of nitrogens with zero attached hydrogens (tertiary/aromatic N) is 1. The van der Waals surface area contributed by atoms with Crippen molar-refractivity contribution in [2.24, 2.45) is 0 Å². The molecule has 3 nitrogen and oxygen atoms in total. The SMILES string of the molecule is C[C@H]1C[C@@]2(CN1)Cc1cc(C(F)(F)F)ncc1O2. The van der Waals surface area contributed by atoms with Crippen molar-refractivity contribution in [1.82, 2.24) is 10.3 Å². The number of fused-ring (bicyclic) bond motifs is 1. The highest BCUT2D eigenvalue weighted by atomic mass is 19.4. The van der Waals surface area contributed by atoms with Crippen molar-refractivity contribution in [3.8, 4) is 5.75 Å². The summed E-state index contributed by atoms with van der Waals surface area (Å²) in [4.78, 5) is 3.42. The molecule has 0 unspecified atom stereocenters. The normalized spacial score (nSPS) is 30.6. The highest BCUT2D eigenvalue weighted by Crippen LogP contribution is 2.41. The molecule has 1 aromatic rings. The van der Waals surface area contributed by atoms with E-state index in [0.29, 0.717) is 30.3 Å². The van der Waals surface area contributed by atoms with Gasteiger partial charge in [0.2, 0.25) is 0 Å². The molecule has 0 saturated carbocycles. The third-order valence-electron chi connectivity index (χ3n) is 3.53. The maximum atomic E-state index is 12.6. The molecule has 2 aliphatic heterocycles. The highest BCUT2D eigenvalue weighted by molar-refractivity contribution is 5.40. The van der Waals surface area contributed by atoms with Crippen LogP contribution in [-0.2, 0) is 12.6 Å². The first-order chi connectivity index (χ1) is 8.38. The first kappa shape index (κ1) is 11.8. The van der Waals surface area contributed by atoms with Gasteiger partial charge in [-0.05, 0) is 13.0 Å². The van der Waals surface area contributed by atoms with Crippen molar-refractivity contribution >= 4 is 0 Å². The molecule has 2 aliphatic rings. The number of nitrogens with one attached hydrogen (secondary N) is 1. The maximum Gasteiger partial charge on any atom is 0.433 e. The number of pyridine rings is 1. The Bertz CT molecular complexity index is 489. The fourth-order valence-electron chi connectivity index (χ4n) is 2.76. The number of ether oxygens (including phenoxy) is 1. The predicted molar refractivity (Wildman–Crippen MR) is 58.4 cm³/mol. The van der Waals surface area contributed by atoms with Crippen molar-refractivity contribution in [3.63, 3.8) is 0 Å². The molecular formula is C12H13F3N2O. The molecule has 0 radical (unpaired) electrons. The Kier molecular flexibility index (Phi) is 2.35. The Morgan fingerprint density at radius 1 is 1.50 bits per heavy atom. The van der Waals surface area contributed by atoms with Crippen LogP contribution in [0, 0.1) is 0 Å². The van der Waals surface area contributed by atoms with Crippen molar-refractivity contribution in [1.29, 1.82) is 0 Å². The van der Waals surface area contributed by atoms with Crippen LogP contribution in [-0.4, -0.2) is 23.2 Å². The van der Waals surface area contributed by atoms with Gasteiger partial charge in [0.25, 0.3) is 0 Å². The molecule has 6 heteroatoms. The summed E-state index contributed by atoms with van der Waals surface area (Å²) in [7, 11) is 0. The van der Waals surface area contributed by atoms with Crippen LogP contribution in [0.15, 0.2) is 12.3 Å². The second-order valence-electron chi connectivity index (χ2n) is 5.12. The van der Waals surface area contributed by atoms with Gasteiger partial charge >= 0.3 is 6.18 Å². The summed E-state index contributed by atoms with van der Waals surface area (Å²) in [6.07, 6.45) is -1.88. The van der Waals surface area contributed by atoms with E-state index in [4.69, 9.17) is 4.74 Å². The fourth-order valence-corrected chi connectivity index (χ4v) is 2.76. The van der Waals surface area contributed by atoms with Crippen molar-refractivity contribution < 1.29 is 17.9 Å². The van der Waals surface area contributed by atoms with Crippen LogP contribution in [0.1, 0.15) is 24.6 Å². The summed E-state index contributed by atoms with van der Waals surface area (Å²) < 4.78 is 43.5. The first-order valence-corrected chi connectivity index (χ1v) is 5.87. The van der Waals surface area contributed by atoms with Crippen LogP contribution in [0.25, 0.3) is 0 Å². The number of hydrogen-bond donors (Lipinski definition) is 1. The lowest BCUT2D eigenvalue weighted by Crippen LogP contribution is -2.36. The smallest absolute Gasteiger partial charge is 0.433 e. The van der Waals surface area contributed by atoms with E-state index in [-0.39, 0.29) is 5.60 Å². The van der Waals surface area contributed by atoms with Gasteiger partial charge in [0.05, 0.1) is 6.20 Å². The molecule has 3 heterocycles. The average Bonchev–Trinajstić information content (AvgIpc) is 2.79. The zero-order chi connectivity index (χ0) is 13.0. The van der Waals surface area contributed by atoms with Crippen LogP contribution in [0.2, 0.25) is 0 Å². The lowest BCUT2D eigenvalue weighted by Gasteiger charge is -2.21. The zero-order valence-electron chi connectivity index (χ0n) is 9.84. The Morgan fingerprint density at radius 2 is 2.28 bits per heavy atom. The number of alkyl halides is 3. The molecule has 3 rings (SSSR count). The minimum atomic E-state index is -4.40. The number of aromatic nitrogens is 1. The molecule has 1 N–H and O–H groups in total. The predicted octanol–water partition coefficient (Wildman–Crippen LogP) is 2.16. The number of rotatable bonds is 0. The third kappa shape index (κ3) is 1.84. The van der Waals surface area contributed by atoms with Gasteiger partial charge in [0.1, 0.15) is 17.0 Å². The van der Waals surface area contributed by atoms with E-state index in [0.717, 1.165) is 12.5 Å². The average molecular weight is 258 g/mol. The van der Waals surface area contributed by atoms with Gasteiger partial charge in [0, 0.05) is 31.0 Å². The molecule has 98 valence electrons. The lowest BCUT2D eigenvalue weighted by atomic mass is 9.94. The fraction of sp³-hybridized carbons (Fsp3) is 0.583. The van der Waals surface area contributed by atoms with Gasteiger partial charge in [-0.2, -0.15) is 13.2 Å². The summed E-state index contributed by atoms with van der Waals surface area (Å²) in [5.74, 6) is 0.485. The molecule has 1 fully saturated rings. The van der Waals surface area contributed by atoms with Crippen LogP contribution < -0.4 is 10.1 Å². The molecule has 18 heavy (non-hydrogen) atoms. The number of hydrogen-bond acceptors (Lipinski definition) is 3. The van der Waals surface area contributed by atoms with Gasteiger partial charge in [-0.3, -0.25) is 0 Å². The molecule has 2 atom stereocenters. The van der Waals surface area contributed by atoms with E-state index in [1.54, 1.807) is 0 Å². The van der Waals surface area contributed by atoms with Gasteiger partial charge in [-0.15, -0.1) is 0 Å². The molecule has 0 aliphatic carbocycles. The second-order valence-corrected chi connectivity index (χ2v) is 5.12. The lowest BCUT2D eigenvalue weighted by molar-refractivity contribution is -0.141. The van der Waals surface area contributed by atoms with Crippen LogP contribution >= 0.6 is 0 Å². The van der Waals surface area contributed by atoms with Crippen molar-refractivity contribution in [3.05, 3.63) is 23.5 Å². The minimum Gasteiger partial charge on any atom is -0.484 e. The Balaban J connectivity index is 1.90. The number of halogens is 3. The zero-order valence-corrected chi connectivity index (χ0v) is 9.84. The molecular weight excluding hydrogens is 245 g/mol. The maximum absolute atomic E-state index is 12.6. The molecule has 1 spiro atoms. The van der Waals surface area contributed by atoms with Gasteiger partial charge < -0.3 is 10.1 Å². The van der Waals surface area contributed by atoms with E-state index in [2.05, 4.69) is 10.3 Å². The molecule has 1 saturated heterocycles. The molecule has 0 bridgehead atoms. The summed E-state index contributed by atoms with van der Waals surface area (Å²) in [6, 6.07) is 1.43. The third-order valence-corrected chi connectivity index (χ3v) is 3.53. The highest BCUT2D eigenvalue weighted by Gasteiger charge is 2.45. The standard InChI is InChI=1S/C12H13F3N2O/c1-7-3-11(6-17-7)4-8-2-10(12(13,14)15)16-5-9(8)18-11/h2,5,7,17H,3-4,6H2,1H3/t7-,11-/m0/s1. The second kappa shape index (κ2) is 3.60. The summed E-state index contributed by atoms with van der Waals surface area (Å²) in [5.41, 5.74) is -0.623. The van der Waals surface area contributed by atoms with E-state index in [1.165, 1.54) is 6.20 Å². The van der Waals surface area contributed by atoms with E-state index >= 15 is 0 Å². The summed E-state index contributed by atoms with van der Waals surface area (Å²) in [6.45, 7) is 2.71. The molecule has 0 aromatic carbocycles. The van der Waals surface area contributed by atoms with Gasteiger partial charge in [-0.25, -0.2) is 4.98 Å². The Morgan fingerprint density at radius 3 is 2.89 bits per heavy atom. The van der Waals surface area contributed by atoms with E-state index in [9.17, 15) is 13.2 Å². The van der Waals surface area contributed by atoms with Crippen LogP contribution in [0.3, 0.4) is 0 Å². The molecule has 0 amide bonds.